The van der Waals surface area contributed by atoms with Crippen LogP contribution in [0.1, 0.15) is 29.2 Å². The molecule has 0 spiro atoms. The van der Waals surface area contributed by atoms with Crippen LogP contribution in [0.4, 0.5) is 0 Å². The molecule has 1 saturated heterocycles. The van der Waals surface area contributed by atoms with Crippen molar-refractivity contribution in [3.05, 3.63) is 95.8 Å². The van der Waals surface area contributed by atoms with E-state index in [1.165, 1.54) is 0 Å². The van der Waals surface area contributed by atoms with E-state index in [2.05, 4.69) is 10.3 Å². The first-order valence-corrected chi connectivity index (χ1v) is 10.3. The summed E-state index contributed by atoms with van der Waals surface area (Å²) in [6.45, 7) is 0.899. The van der Waals surface area contributed by atoms with Crippen LogP contribution >= 0.6 is 0 Å². The van der Waals surface area contributed by atoms with Gasteiger partial charge in [0.05, 0.1) is 19.1 Å². The molecule has 1 aromatic heterocycles. The van der Waals surface area contributed by atoms with Gasteiger partial charge < -0.3 is 15.0 Å². The van der Waals surface area contributed by atoms with Crippen molar-refractivity contribution in [2.45, 2.75) is 19.0 Å². The molecule has 6 heteroatoms. The van der Waals surface area contributed by atoms with Gasteiger partial charge in [0.25, 0.3) is 0 Å². The Morgan fingerprint density at radius 2 is 1.84 bits per heavy atom. The van der Waals surface area contributed by atoms with E-state index in [9.17, 15) is 9.59 Å². The van der Waals surface area contributed by atoms with Gasteiger partial charge in [0.15, 0.2) is 0 Å². The zero-order chi connectivity index (χ0) is 21.6. The minimum atomic E-state index is -0.383. The Labute approximate surface area is 181 Å². The summed E-state index contributed by atoms with van der Waals surface area (Å²) in [6, 6.07) is 20.9. The molecule has 2 atom stereocenters. The Bertz CT molecular complexity index is 1040. The van der Waals surface area contributed by atoms with Crippen LogP contribution in [0, 0.1) is 5.92 Å². The van der Waals surface area contributed by atoms with Crippen LogP contribution in [0.5, 0.6) is 5.75 Å². The Kier molecular flexibility index (Phi) is 6.26. The number of likely N-dealkylation sites (tertiary alicyclic amines) is 1. The summed E-state index contributed by atoms with van der Waals surface area (Å²) < 4.78 is 5.36. The number of benzene rings is 2. The normalized spacial score (nSPS) is 16.7. The number of nitrogens with zero attached hydrogens (tertiary/aromatic N) is 2. The van der Waals surface area contributed by atoms with Gasteiger partial charge in [0, 0.05) is 31.9 Å². The Hall–Kier alpha value is -3.67. The summed E-state index contributed by atoms with van der Waals surface area (Å²) in [6.07, 6.45) is 3.63. The first-order valence-electron chi connectivity index (χ1n) is 10.3. The van der Waals surface area contributed by atoms with Crippen molar-refractivity contribution in [1.29, 1.82) is 0 Å². The number of rotatable bonds is 7. The van der Waals surface area contributed by atoms with Crippen molar-refractivity contribution < 1.29 is 14.3 Å². The van der Waals surface area contributed by atoms with Crippen LogP contribution in [0.2, 0.25) is 0 Å². The molecule has 6 nitrogen and oxygen atoms in total. The molecule has 2 heterocycles. The van der Waals surface area contributed by atoms with Crippen LogP contribution in [0.25, 0.3) is 0 Å². The fourth-order valence-corrected chi connectivity index (χ4v) is 3.89. The predicted octanol–water partition coefficient (Wildman–Crippen LogP) is 3.34. The van der Waals surface area contributed by atoms with E-state index in [4.69, 9.17) is 4.74 Å². The molecular formula is C25H25N3O3. The Morgan fingerprint density at radius 3 is 2.58 bits per heavy atom. The molecule has 0 aliphatic carbocycles. The molecular weight excluding hydrogens is 390 g/mol. The number of pyridine rings is 1. The summed E-state index contributed by atoms with van der Waals surface area (Å²) in [5.41, 5.74) is 2.90. The van der Waals surface area contributed by atoms with E-state index in [-0.39, 0.29) is 30.2 Å². The highest BCUT2D eigenvalue weighted by atomic mass is 16.5. The van der Waals surface area contributed by atoms with Crippen LogP contribution in [-0.2, 0) is 16.1 Å². The average molecular weight is 415 g/mol. The van der Waals surface area contributed by atoms with Crippen LogP contribution in [0.15, 0.2) is 79.1 Å². The van der Waals surface area contributed by atoms with Crippen molar-refractivity contribution in [3.63, 3.8) is 0 Å². The molecule has 31 heavy (non-hydrogen) atoms. The molecule has 4 rings (SSSR count). The van der Waals surface area contributed by atoms with Crippen LogP contribution < -0.4 is 10.1 Å². The van der Waals surface area contributed by atoms with Gasteiger partial charge in [-0.1, -0.05) is 42.5 Å². The second kappa shape index (κ2) is 9.43. The second-order valence-electron chi connectivity index (χ2n) is 7.66. The number of aromatic nitrogens is 1. The van der Waals surface area contributed by atoms with Gasteiger partial charge in [-0.05, 0) is 41.0 Å². The summed E-state index contributed by atoms with van der Waals surface area (Å²) in [5, 5.41) is 3.16. The number of hydrogen-bond donors (Lipinski definition) is 1. The Balaban J connectivity index is 1.50. The predicted molar refractivity (Wildman–Crippen MR) is 117 cm³/mol. The van der Waals surface area contributed by atoms with Gasteiger partial charge in [0.1, 0.15) is 5.75 Å². The lowest BCUT2D eigenvalue weighted by Crippen LogP contribution is -2.36. The molecule has 1 fully saturated rings. The number of carbonyl (C=O) groups excluding carboxylic acids is 2. The Morgan fingerprint density at radius 1 is 1.10 bits per heavy atom. The fraction of sp³-hybridized carbons (Fsp3) is 0.240. The second-order valence-corrected chi connectivity index (χ2v) is 7.66. The highest BCUT2D eigenvalue weighted by Gasteiger charge is 2.35. The minimum absolute atomic E-state index is 0.00500. The number of hydrogen-bond acceptors (Lipinski definition) is 4. The molecule has 3 aromatic rings. The molecule has 1 aliphatic heterocycles. The zero-order valence-corrected chi connectivity index (χ0v) is 17.4. The van der Waals surface area contributed by atoms with E-state index < -0.39 is 0 Å². The molecule has 0 radical (unpaired) electrons. The summed E-state index contributed by atoms with van der Waals surface area (Å²) in [7, 11) is 1.62. The van der Waals surface area contributed by atoms with Crippen molar-refractivity contribution in [2.24, 2.45) is 5.92 Å². The van der Waals surface area contributed by atoms with E-state index in [0.29, 0.717) is 13.1 Å². The number of amides is 2. The van der Waals surface area contributed by atoms with E-state index in [0.717, 1.165) is 22.4 Å². The van der Waals surface area contributed by atoms with E-state index >= 15 is 0 Å². The lowest BCUT2D eigenvalue weighted by Gasteiger charge is -2.22. The standard InChI is InChI=1S/C25H25N3O3/c1-31-22-9-5-8-20(14-22)24(19-6-3-2-4-7-19)27-25(30)21-15-23(29)28(17-21)16-18-10-12-26-13-11-18/h2-14,21,24H,15-17H2,1H3,(H,27,30)/t21-,24+/m0/s1. The molecule has 0 bridgehead atoms. The molecule has 2 amide bonds. The summed E-state index contributed by atoms with van der Waals surface area (Å²) in [4.78, 5) is 31.4. The van der Waals surface area contributed by atoms with Gasteiger partial charge >= 0.3 is 0 Å². The zero-order valence-electron chi connectivity index (χ0n) is 17.4. The van der Waals surface area contributed by atoms with Crippen molar-refractivity contribution in [2.75, 3.05) is 13.7 Å². The SMILES string of the molecule is COc1cccc([C@H](NC(=O)[C@H]2CC(=O)N(Cc3ccncc3)C2)c2ccccc2)c1. The summed E-state index contributed by atoms with van der Waals surface area (Å²) in [5.74, 6) is 0.218. The van der Waals surface area contributed by atoms with Gasteiger partial charge in [-0.2, -0.15) is 0 Å². The molecule has 158 valence electrons. The highest BCUT2D eigenvalue weighted by Crippen LogP contribution is 2.27. The lowest BCUT2D eigenvalue weighted by atomic mass is 9.97. The quantitative estimate of drug-likeness (QED) is 0.642. The van der Waals surface area contributed by atoms with Gasteiger partial charge in [-0.15, -0.1) is 0 Å². The van der Waals surface area contributed by atoms with Gasteiger partial charge in [0.2, 0.25) is 11.8 Å². The van der Waals surface area contributed by atoms with Crippen LogP contribution in [0.3, 0.4) is 0 Å². The maximum atomic E-state index is 13.2. The lowest BCUT2D eigenvalue weighted by molar-refractivity contribution is -0.129. The molecule has 0 unspecified atom stereocenters. The van der Waals surface area contributed by atoms with E-state index in [1.807, 2.05) is 66.7 Å². The van der Waals surface area contributed by atoms with E-state index in [1.54, 1.807) is 24.4 Å². The van der Waals surface area contributed by atoms with Crippen molar-refractivity contribution >= 4 is 11.8 Å². The molecule has 1 N–H and O–H groups in total. The number of ether oxygens (including phenoxy) is 1. The first-order chi connectivity index (χ1) is 15.1. The molecule has 1 aliphatic rings. The van der Waals surface area contributed by atoms with Gasteiger partial charge in [-0.3, -0.25) is 14.6 Å². The number of nitrogens with one attached hydrogen (secondary N) is 1. The monoisotopic (exact) mass is 415 g/mol. The van der Waals surface area contributed by atoms with Crippen molar-refractivity contribution in [3.8, 4) is 5.75 Å². The first kappa shape index (κ1) is 20.6. The fourth-order valence-electron chi connectivity index (χ4n) is 3.89. The smallest absolute Gasteiger partial charge is 0.226 e. The maximum Gasteiger partial charge on any atom is 0.226 e. The van der Waals surface area contributed by atoms with Crippen molar-refractivity contribution in [1.82, 2.24) is 15.2 Å². The third-order valence-electron chi connectivity index (χ3n) is 5.55. The highest BCUT2D eigenvalue weighted by molar-refractivity contribution is 5.89. The van der Waals surface area contributed by atoms with Crippen LogP contribution in [-0.4, -0.2) is 35.4 Å². The third-order valence-corrected chi connectivity index (χ3v) is 5.55. The number of methoxy groups -OCH3 is 1. The minimum Gasteiger partial charge on any atom is -0.497 e. The third kappa shape index (κ3) is 4.91. The largest absolute Gasteiger partial charge is 0.497 e. The summed E-state index contributed by atoms with van der Waals surface area (Å²) >= 11 is 0. The number of carbonyl (C=O) groups is 2. The van der Waals surface area contributed by atoms with Gasteiger partial charge in [-0.25, -0.2) is 0 Å². The average Bonchev–Trinajstić information content (AvgIpc) is 3.19. The maximum absolute atomic E-state index is 13.2. The topological polar surface area (TPSA) is 71.5 Å². The molecule has 0 saturated carbocycles. The molecule has 2 aromatic carbocycles.